The molecule has 0 bridgehead atoms. The van der Waals surface area contributed by atoms with Crippen molar-refractivity contribution in [1.82, 2.24) is 5.32 Å². The van der Waals surface area contributed by atoms with Crippen LogP contribution in [-0.4, -0.2) is 26.3 Å². The summed E-state index contributed by atoms with van der Waals surface area (Å²) in [6.07, 6.45) is 4.32. The summed E-state index contributed by atoms with van der Waals surface area (Å²) in [7, 11) is 1.37. The summed E-state index contributed by atoms with van der Waals surface area (Å²) in [6, 6.07) is 0. The monoisotopic (exact) mass is 186 g/mol. The highest BCUT2D eigenvalue weighted by Crippen LogP contribution is 2.36. The molecule has 4 heteroatoms. The minimum absolute atomic E-state index is 0.133. The summed E-state index contributed by atoms with van der Waals surface area (Å²) < 4.78 is 4.51. The van der Waals surface area contributed by atoms with E-state index in [0.717, 1.165) is 12.8 Å². The molecule has 13 heavy (non-hydrogen) atoms. The van der Waals surface area contributed by atoms with Crippen LogP contribution in [0.15, 0.2) is 0 Å². The zero-order chi connectivity index (χ0) is 9.73. The van der Waals surface area contributed by atoms with Crippen LogP contribution in [0.3, 0.4) is 0 Å². The first-order chi connectivity index (χ1) is 6.22. The highest BCUT2D eigenvalue weighted by Gasteiger charge is 2.32. The molecular weight excluding hydrogens is 168 g/mol. The lowest BCUT2D eigenvalue weighted by Gasteiger charge is -2.26. The van der Waals surface area contributed by atoms with Gasteiger partial charge < -0.3 is 15.8 Å². The van der Waals surface area contributed by atoms with Crippen LogP contribution in [0.25, 0.3) is 0 Å². The Kier molecular flexibility index (Phi) is 3.54. The Bertz CT molecular complexity index is 176. The quantitative estimate of drug-likeness (QED) is 0.687. The lowest BCUT2D eigenvalue weighted by molar-refractivity contribution is 0.163. The van der Waals surface area contributed by atoms with Gasteiger partial charge in [0.1, 0.15) is 0 Å². The van der Waals surface area contributed by atoms with E-state index in [0.29, 0.717) is 13.1 Å². The zero-order valence-electron chi connectivity index (χ0n) is 8.14. The van der Waals surface area contributed by atoms with Gasteiger partial charge in [-0.1, -0.05) is 12.8 Å². The van der Waals surface area contributed by atoms with Gasteiger partial charge in [-0.2, -0.15) is 0 Å². The van der Waals surface area contributed by atoms with Crippen LogP contribution >= 0.6 is 0 Å². The van der Waals surface area contributed by atoms with E-state index in [9.17, 15) is 4.79 Å². The Balaban J connectivity index is 2.35. The maximum absolute atomic E-state index is 10.9. The lowest BCUT2D eigenvalue weighted by atomic mass is 9.86. The van der Waals surface area contributed by atoms with E-state index in [-0.39, 0.29) is 11.5 Å². The van der Waals surface area contributed by atoms with Crippen LogP contribution in [0.1, 0.15) is 25.7 Å². The number of alkyl carbamates (subject to hydrolysis) is 1. The molecule has 0 aromatic carbocycles. The second-order valence-corrected chi connectivity index (χ2v) is 3.76. The molecule has 0 aromatic heterocycles. The van der Waals surface area contributed by atoms with Gasteiger partial charge in [-0.3, -0.25) is 0 Å². The van der Waals surface area contributed by atoms with Gasteiger partial charge in [-0.25, -0.2) is 4.79 Å². The zero-order valence-corrected chi connectivity index (χ0v) is 8.14. The van der Waals surface area contributed by atoms with Gasteiger partial charge in [-0.15, -0.1) is 0 Å². The molecule has 0 unspecified atom stereocenters. The number of rotatable bonds is 3. The van der Waals surface area contributed by atoms with Gasteiger partial charge in [0.15, 0.2) is 0 Å². The number of nitrogens with two attached hydrogens (primary N) is 1. The van der Waals surface area contributed by atoms with E-state index in [1.165, 1.54) is 20.0 Å². The molecule has 0 aromatic rings. The second-order valence-electron chi connectivity index (χ2n) is 3.76. The summed E-state index contributed by atoms with van der Waals surface area (Å²) >= 11 is 0. The summed E-state index contributed by atoms with van der Waals surface area (Å²) in [4.78, 5) is 10.9. The van der Waals surface area contributed by atoms with E-state index >= 15 is 0 Å². The Hall–Kier alpha value is -0.770. The molecule has 0 spiro atoms. The molecule has 76 valence electrons. The molecule has 1 amide bonds. The second kappa shape index (κ2) is 4.46. The summed E-state index contributed by atoms with van der Waals surface area (Å²) in [6.45, 7) is 1.30. The Labute approximate surface area is 78.8 Å². The standard InChI is InChI=1S/C9H18N2O2/c1-13-8(12)11-7-9(6-10)4-2-3-5-9/h2-7,10H2,1H3,(H,11,12). The van der Waals surface area contributed by atoms with E-state index in [4.69, 9.17) is 5.73 Å². The summed E-state index contributed by atoms with van der Waals surface area (Å²) in [5.74, 6) is 0. The molecule has 3 N–H and O–H groups in total. The van der Waals surface area contributed by atoms with Crippen LogP contribution < -0.4 is 11.1 Å². The Morgan fingerprint density at radius 3 is 2.62 bits per heavy atom. The smallest absolute Gasteiger partial charge is 0.406 e. The van der Waals surface area contributed by atoms with Crippen molar-refractivity contribution in [2.24, 2.45) is 11.1 Å². The maximum atomic E-state index is 10.9. The van der Waals surface area contributed by atoms with E-state index in [1.807, 2.05) is 0 Å². The number of ether oxygens (including phenoxy) is 1. The molecule has 1 aliphatic carbocycles. The molecule has 0 aliphatic heterocycles. The molecule has 0 saturated heterocycles. The number of hydrogen-bond acceptors (Lipinski definition) is 3. The van der Waals surface area contributed by atoms with Crippen LogP contribution in [0.4, 0.5) is 4.79 Å². The van der Waals surface area contributed by atoms with Gasteiger partial charge >= 0.3 is 6.09 Å². The molecule has 1 fully saturated rings. The average Bonchev–Trinajstić information content (AvgIpc) is 2.63. The SMILES string of the molecule is COC(=O)NCC1(CN)CCCC1. The Morgan fingerprint density at radius 1 is 1.54 bits per heavy atom. The third-order valence-corrected chi connectivity index (χ3v) is 2.89. The largest absolute Gasteiger partial charge is 0.453 e. The minimum Gasteiger partial charge on any atom is -0.453 e. The number of nitrogens with one attached hydrogen (secondary N) is 1. The van der Waals surface area contributed by atoms with Crippen molar-refractivity contribution in [3.63, 3.8) is 0 Å². The fourth-order valence-electron chi connectivity index (χ4n) is 1.91. The third-order valence-electron chi connectivity index (χ3n) is 2.89. The van der Waals surface area contributed by atoms with Gasteiger partial charge in [-0.05, 0) is 19.4 Å². The van der Waals surface area contributed by atoms with Crippen LogP contribution in [-0.2, 0) is 4.74 Å². The van der Waals surface area contributed by atoms with Gasteiger partial charge in [0, 0.05) is 12.0 Å². The highest BCUT2D eigenvalue weighted by molar-refractivity contribution is 5.66. The minimum atomic E-state index is -0.361. The third kappa shape index (κ3) is 2.59. The van der Waals surface area contributed by atoms with E-state index in [2.05, 4.69) is 10.1 Å². The van der Waals surface area contributed by atoms with Crippen molar-refractivity contribution in [2.45, 2.75) is 25.7 Å². The lowest BCUT2D eigenvalue weighted by Crippen LogP contribution is -2.40. The van der Waals surface area contributed by atoms with E-state index in [1.54, 1.807) is 0 Å². The van der Waals surface area contributed by atoms with Crippen LogP contribution in [0, 0.1) is 5.41 Å². The first-order valence-electron chi connectivity index (χ1n) is 4.74. The van der Waals surface area contributed by atoms with E-state index < -0.39 is 0 Å². The number of amides is 1. The number of carbonyl (C=O) groups is 1. The van der Waals surface area contributed by atoms with Gasteiger partial charge in [0.25, 0.3) is 0 Å². The van der Waals surface area contributed by atoms with Crippen molar-refractivity contribution >= 4 is 6.09 Å². The molecule has 0 heterocycles. The van der Waals surface area contributed by atoms with Crippen molar-refractivity contribution < 1.29 is 9.53 Å². The molecule has 1 saturated carbocycles. The number of hydrogen-bond donors (Lipinski definition) is 2. The topological polar surface area (TPSA) is 64.3 Å². The average molecular weight is 186 g/mol. The molecule has 1 rings (SSSR count). The fourth-order valence-corrected chi connectivity index (χ4v) is 1.91. The van der Waals surface area contributed by atoms with Gasteiger partial charge in [0.2, 0.25) is 0 Å². The predicted octanol–water partition coefficient (Wildman–Crippen LogP) is 0.861. The summed E-state index contributed by atoms with van der Waals surface area (Å²) in [5.41, 5.74) is 5.84. The maximum Gasteiger partial charge on any atom is 0.406 e. The molecular formula is C9H18N2O2. The number of methoxy groups -OCH3 is 1. The molecule has 1 aliphatic rings. The van der Waals surface area contributed by atoms with Crippen LogP contribution in [0.2, 0.25) is 0 Å². The van der Waals surface area contributed by atoms with Crippen molar-refractivity contribution in [2.75, 3.05) is 20.2 Å². The first kappa shape index (κ1) is 10.3. The molecule has 0 radical (unpaired) electrons. The van der Waals surface area contributed by atoms with Crippen molar-refractivity contribution in [3.8, 4) is 0 Å². The molecule has 4 nitrogen and oxygen atoms in total. The van der Waals surface area contributed by atoms with Crippen molar-refractivity contribution in [1.29, 1.82) is 0 Å². The normalized spacial score (nSPS) is 19.8. The Morgan fingerprint density at radius 2 is 2.15 bits per heavy atom. The van der Waals surface area contributed by atoms with Gasteiger partial charge in [0.05, 0.1) is 7.11 Å². The van der Waals surface area contributed by atoms with Crippen molar-refractivity contribution in [3.05, 3.63) is 0 Å². The van der Waals surface area contributed by atoms with Crippen LogP contribution in [0.5, 0.6) is 0 Å². The highest BCUT2D eigenvalue weighted by atomic mass is 16.5. The first-order valence-corrected chi connectivity index (χ1v) is 4.74. The fraction of sp³-hybridized carbons (Fsp3) is 0.889. The molecule has 0 atom stereocenters. The predicted molar refractivity (Wildman–Crippen MR) is 50.4 cm³/mol. The summed E-state index contributed by atoms with van der Waals surface area (Å²) in [5, 5.41) is 2.72. The number of carbonyl (C=O) groups excluding carboxylic acids is 1.